The van der Waals surface area contributed by atoms with Gasteiger partial charge in [0, 0.05) is 34.6 Å². The first kappa shape index (κ1) is 35.6. The average Bonchev–Trinajstić information content (AvgIpc) is 3.00. The molecule has 0 saturated carbocycles. The molecule has 1 unspecified atom stereocenters. The number of halogens is 4. The van der Waals surface area contributed by atoms with Crippen LogP contribution in [-0.4, -0.2) is 43.8 Å². The zero-order chi connectivity index (χ0) is 33.6. The quantitative estimate of drug-likeness (QED) is 0.161. The molecule has 0 bridgehead atoms. The minimum atomic E-state index is -4.31. The van der Waals surface area contributed by atoms with Gasteiger partial charge >= 0.3 is 0 Å². The molecule has 0 heterocycles. The first-order valence-corrected chi connectivity index (χ1v) is 17.3. The molecule has 242 valence electrons. The van der Waals surface area contributed by atoms with Gasteiger partial charge in [-0.2, -0.15) is 0 Å². The number of amides is 2. The fraction of sp³-hybridized carbons (Fsp3) is 0.235. The summed E-state index contributed by atoms with van der Waals surface area (Å²) in [6.07, 6.45) is 0.144. The molecule has 1 atom stereocenters. The Morgan fingerprint density at radius 2 is 1.41 bits per heavy atom. The Hall–Kier alpha value is -3.27. The van der Waals surface area contributed by atoms with Crippen LogP contribution in [0.3, 0.4) is 0 Å². The lowest BCUT2D eigenvalue weighted by atomic mass is 10.0. The molecule has 0 aliphatic rings. The Morgan fingerprint density at radius 1 is 0.783 bits per heavy atom. The van der Waals surface area contributed by atoms with Crippen molar-refractivity contribution in [1.29, 1.82) is 0 Å². The molecule has 0 fully saturated rings. The zero-order valence-electron chi connectivity index (χ0n) is 25.4. The molecular weight excluding hydrogens is 688 g/mol. The van der Waals surface area contributed by atoms with Crippen molar-refractivity contribution < 1.29 is 18.0 Å². The minimum absolute atomic E-state index is 0.0314. The lowest BCUT2D eigenvalue weighted by molar-refractivity contribution is -0.140. The highest BCUT2D eigenvalue weighted by atomic mass is 35.5. The van der Waals surface area contributed by atoms with Gasteiger partial charge in [0.1, 0.15) is 12.6 Å². The third kappa shape index (κ3) is 8.75. The molecule has 0 radical (unpaired) electrons. The summed E-state index contributed by atoms with van der Waals surface area (Å²) in [5.41, 5.74) is 2.18. The number of carbonyl (C=O) groups excluding carboxylic acids is 2. The van der Waals surface area contributed by atoms with Crippen LogP contribution in [0.25, 0.3) is 0 Å². The number of sulfonamides is 1. The normalized spacial score (nSPS) is 12.1. The molecule has 46 heavy (non-hydrogen) atoms. The number of carbonyl (C=O) groups is 2. The molecule has 2 amide bonds. The summed E-state index contributed by atoms with van der Waals surface area (Å²) in [5, 5.41) is 3.82. The van der Waals surface area contributed by atoms with Gasteiger partial charge in [0.15, 0.2) is 0 Å². The third-order valence-corrected chi connectivity index (χ3v) is 10.4. The lowest BCUT2D eigenvalue weighted by Crippen LogP contribution is -2.54. The second kappa shape index (κ2) is 15.5. The van der Waals surface area contributed by atoms with Crippen molar-refractivity contribution in [2.75, 3.05) is 10.8 Å². The predicted octanol–water partition coefficient (Wildman–Crippen LogP) is 7.97. The molecule has 4 aromatic carbocycles. The van der Waals surface area contributed by atoms with Crippen molar-refractivity contribution in [3.05, 3.63) is 128 Å². The van der Waals surface area contributed by atoms with Crippen LogP contribution >= 0.6 is 46.4 Å². The minimum Gasteiger partial charge on any atom is -0.352 e. The Labute approximate surface area is 290 Å². The monoisotopic (exact) mass is 719 g/mol. The van der Waals surface area contributed by atoms with Gasteiger partial charge in [-0.05, 0) is 68.8 Å². The number of nitrogens with one attached hydrogen (secondary N) is 1. The van der Waals surface area contributed by atoms with Crippen molar-refractivity contribution in [1.82, 2.24) is 10.2 Å². The first-order valence-electron chi connectivity index (χ1n) is 14.4. The Balaban J connectivity index is 1.86. The molecule has 0 spiro atoms. The number of anilines is 1. The number of hydrogen-bond donors (Lipinski definition) is 1. The third-order valence-electron chi connectivity index (χ3n) is 7.17. The molecule has 4 rings (SSSR count). The topological polar surface area (TPSA) is 86.8 Å². The predicted molar refractivity (Wildman–Crippen MR) is 186 cm³/mol. The van der Waals surface area contributed by atoms with Gasteiger partial charge in [-0.25, -0.2) is 8.42 Å². The van der Waals surface area contributed by atoms with Crippen molar-refractivity contribution in [2.45, 2.75) is 50.7 Å². The number of nitrogens with zero attached hydrogens (tertiary/aromatic N) is 2. The van der Waals surface area contributed by atoms with Crippen LogP contribution in [0.4, 0.5) is 5.69 Å². The zero-order valence-corrected chi connectivity index (χ0v) is 29.2. The van der Waals surface area contributed by atoms with Crippen molar-refractivity contribution in [3.63, 3.8) is 0 Å². The van der Waals surface area contributed by atoms with Gasteiger partial charge in [0.05, 0.1) is 20.6 Å². The molecule has 0 aliphatic heterocycles. The summed E-state index contributed by atoms with van der Waals surface area (Å²) in [4.78, 5) is 29.7. The first-order chi connectivity index (χ1) is 21.8. The standard InChI is InChI=1S/C34H33Cl4N3O4S/c1-22(2)39-34(43)32(18-24-8-5-4-6-9-24)40(20-27-28(35)10-7-11-29(27)36)33(42)21-41(25-14-17-30(37)31(38)19-25)46(44,45)26-15-12-23(3)13-16-26/h4-17,19,22,32H,18,20-21H2,1-3H3,(H,39,43). The van der Waals surface area contributed by atoms with Gasteiger partial charge in [-0.3, -0.25) is 13.9 Å². The molecular formula is C34H33Cl4N3O4S. The molecule has 4 aromatic rings. The smallest absolute Gasteiger partial charge is 0.264 e. The van der Waals surface area contributed by atoms with E-state index in [0.29, 0.717) is 15.6 Å². The highest BCUT2D eigenvalue weighted by Gasteiger charge is 2.35. The van der Waals surface area contributed by atoms with Gasteiger partial charge in [0.25, 0.3) is 10.0 Å². The largest absolute Gasteiger partial charge is 0.352 e. The van der Waals surface area contributed by atoms with E-state index in [1.807, 2.05) is 51.1 Å². The number of aryl methyl sites for hydroxylation is 1. The van der Waals surface area contributed by atoms with Crippen LogP contribution in [0.5, 0.6) is 0 Å². The second-order valence-electron chi connectivity index (χ2n) is 11.0. The molecule has 0 aromatic heterocycles. The van der Waals surface area contributed by atoms with E-state index in [1.54, 1.807) is 30.3 Å². The maximum absolute atomic E-state index is 14.6. The van der Waals surface area contributed by atoms with E-state index in [0.717, 1.165) is 15.4 Å². The van der Waals surface area contributed by atoms with Crippen LogP contribution in [-0.2, 0) is 32.6 Å². The fourth-order valence-corrected chi connectivity index (χ4v) is 7.01. The van der Waals surface area contributed by atoms with Crippen molar-refractivity contribution in [3.8, 4) is 0 Å². The van der Waals surface area contributed by atoms with E-state index >= 15 is 0 Å². The maximum atomic E-state index is 14.6. The number of benzene rings is 4. The van der Waals surface area contributed by atoms with E-state index in [9.17, 15) is 18.0 Å². The average molecular weight is 722 g/mol. The van der Waals surface area contributed by atoms with Crippen LogP contribution in [0, 0.1) is 6.92 Å². The Morgan fingerprint density at radius 3 is 2.00 bits per heavy atom. The van der Waals surface area contributed by atoms with Gasteiger partial charge in [-0.15, -0.1) is 0 Å². The van der Waals surface area contributed by atoms with Crippen LogP contribution < -0.4 is 9.62 Å². The Bertz CT molecular complexity index is 1780. The number of hydrogen-bond acceptors (Lipinski definition) is 4. The molecule has 7 nitrogen and oxygen atoms in total. The summed E-state index contributed by atoms with van der Waals surface area (Å²) in [7, 11) is -4.31. The van der Waals surface area contributed by atoms with E-state index in [1.165, 1.54) is 35.2 Å². The van der Waals surface area contributed by atoms with Crippen molar-refractivity contribution in [2.24, 2.45) is 0 Å². The lowest BCUT2D eigenvalue weighted by Gasteiger charge is -2.34. The fourth-order valence-electron chi connectivity index (χ4n) is 4.79. The number of rotatable bonds is 12. The summed E-state index contributed by atoms with van der Waals surface area (Å²) >= 11 is 25.6. The molecule has 0 aliphatic carbocycles. The van der Waals surface area contributed by atoms with Crippen LogP contribution in [0.15, 0.2) is 95.9 Å². The summed E-state index contributed by atoms with van der Waals surface area (Å²) in [6, 6.07) is 23.5. The van der Waals surface area contributed by atoms with Gasteiger partial charge in [-0.1, -0.05) is 100 Å². The van der Waals surface area contributed by atoms with E-state index < -0.39 is 34.4 Å². The van der Waals surface area contributed by atoms with Crippen LogP contribution in [0.2, 0.25) is 20.1 Å². The highest BCUT2D eigenvalue weighted by molar-refractivity contribution is 7.92. The highest BCUT2D eigenvalue weighted by Crippen LogP contribution is 2.32. The van der Waals surface area contributed by atoms with Crippen molar-refractivity contribution >= 4 is 73.9 Å². The summed E-state index contributed by atoms with van der Waals surface area (Å²) < 4.78 is 29.3. The Kier molecular flexibility index (Phi) is 12.0. The van der Waals surface area contributed by atoms with E-state index in [2.05, 4.69) is 5.32 Å². The molecule has 12 heteroatoms. The summed E-state index contributed by atoms with van der Waals surface area (Å²) in [6.45, 7) is 4.63. The van der Waals surface area contributed by atoms with Gasteiger partial charge < -0.3 is 10.2 Å². The SMILES string of the molecule is Cc1ccc(S(=O)(=O)N(CC(=O)N(Cc2c(Cl)cccc2Cl)C(Cc2ccccc2)C(=O)NC(C)C)c2ccc(Cl)c(Cl)c2)cc1. The second-order valence-corrected chi connectivity index (χ2v) is 14.5. The maximum Gasteiger partial charge on any atom is 0.264 e. The van der Waals surface area contributed by atoms with E-state index in [4.69, 9.17) is 46.4 Å². The summed E-state index contributed by atoms with van der Waals surface area (Å²) in [5.74, 6) is -1.09. The molecule has 0 saturated heterocycles. The van der Waals surface area contributed by atoms with Crippen LogP contribution in [0.1, 0.15) is 30.5 Å². The molecule has 1 N–H and O–H groups in total. The van der Waals surface area contributed by atoms with Gasteiger partial charge in [0.2, 0.25) is 11.8 Å². The van der Waals surface area contributed by atoms with E-state index in [-0.39, 0.29) is 39.6 Å².